The molecule has 1 aromatic rings. The minimum atomic E-state index is -2.12. The molecule has 0 aromatic heterocycles. The summed E-state index contributed by atoms with van der Waals surface area (Å²) < 4.78 is 67.5. The van der Waals surface area contributed by atoms with Gasteiger partial charge in [-0.1, -0.05) is 33.6 Å². The summed E-state index contributed by atoms with van der Waals surface area (Å²) in [6, 6.07) is -0.899. The monoisotopic (exact) mass is 309 g/mol. The summed E-state index contributed by atoms with van der Waals surface area (Å²) in [5, 5.41) is 2.82. The number of halogens is 5. The third-order valence-corrected chi connectivity index (χ3v) is 3.77. The number of hydrogen-bond acceptors (Lipinski definition) is 1. The van der Waals surface area contributed by atoms with Gasteiger partial charge in [0.05, 0.1) is 0 Å². The zero-order valence-corrected chi connectivity index (χ0v) is 12.4. The highest BCUT2D eigenvalue weighted by Crippen LogP contribution is 2.32. The van der Waals surface area contributed by atoms with Gasteiger partial charge >= 0.3 is 0 Å². The first-order chi connectivity index (χ1) is 9.88. The van der Waals surface area contributed by atoms with Crippen molar-refractivity contribution in [2.75, 3.05) is 6.54 Å². The van der Waals surface area contributed by atoms with E-state index in [2.05, 4.69) is 5.32 Å². The van der Waals surface area contributed by atoms with Gasteiger partial charge in [-0.15, -0.1) is 0 Å². The van der Waals surface area contributed by atoms with Crippen LogP contribution in [0.4, 0.5) is 22.0 Å². The lowest BCUT2D eigenvalue weighted by Crippen LogP contribution is -2.26. The van der Waals surface area contributed by atoms with Crippen LogP contribution in [0.2, 0.25) is 0 Å². The van der Waals surface area contributed by atoms with Crippen LogP contribution < -0.4 is 5.32 Å². The molecule has 0 saturated carbocycles. The molecule has 0 aliphatic rings. The quantitative estimate of drug-likeness (QED) is 0.431. The minimum absolute atomic E-state index is 0.143. The van der Waals surface area contributed by atoms with Gasteiger partial charge in [0.25, 0.3) is 0 Å². The minimum Gasteiger partial charge on any atom is -0.310 e. The molecule has 120 valence electrons. The lowest BCUT2D eigenvalue weighted by molar-refractivity contribution is 0.327. The molecule has 1 aromatic carbocycles. The van der Waals surface area contributed by atoms with Gasteiger partial charge in [0.1, 0.15) is 0 Å². The molecule has 21 heavy (non-hydrogen) atoms. The summed E-state index contributed by atoms with van der Waals surface area (Å²) in [6.07, 6.45) is 1.86. The summed E-state index contributed by atoms with van der Waals surface area (Å²) in [4.78, 5) is 0. The van der Waals surface area contributed by atoms with E-state index in [4.69, 9.17) is 0 Å². The Hall–Kier alpha value is -1.17. The van der Waals surface area contributed by atoms with Gasteiger partial charge in [-0.25, -0.2) is 22.0 Å². The van der Waals surface area contributed by atoms with Gasteiger partial charge in [0.2, 0.25) is 5.82 Å². The Bertz CT molecular complexity index is 456. The SMILES string of the molecule is CCNC(CC(CC)CC)c1c(F)c(F)c(F)c(F)c1F. The second-order valence-electron chi connectivity index (χ2n) is 5.01. The first-order valence-electron chi connectivity index (χ1n) is 7.13. The first-order valence-corrected chi connectivity index (χ1v) is 7.13. The van der Waals surface area contributed by atoms with Crippen molar-refractivity contribution in [2.24, 2.45) is 5.92 Å². The molecule has 0 heterocycles. The molecule has 0 aliphatic heterocycles. The van der Waals surface area contributed by atoms with Crippen molar-refractivity contribution < 1.29 is 22.0 Å². The Labute approximate surface area is 121 Å². The van der Waals surface area contributed by atoms with Crippen molar-refractivity contribution in [2.45, 2.75) is 46.1 Å². The fourth-order valence-electron chi connectivity index (χ4n) is 2.43. The third-order valence-electron chi connectivity index (χ3n) is 3.77. The van der Waals surface area contributed by atoms with E-state index in [1.165, 1.54) is 0 Å². The van der Waals surface area contributed by atoms with Crippen molar-refractivity contribution in [1.29, 1.82) is 0 Å². The summed E-state index contributed by atoms with van der Waals surface area (Å²) in [5.74, 6) is -9.25. The predicted octanol–water partition coefficient (Wildman–Crippen LogP) is 4.86. The fourth-order valence-corrected chi connectivity index (χ4v) is 2.43. The van der Waals surface area contributed by atoms with Gasteiger partial charge < -0.3 is 5.32 Å². The fraction of sp³-hybridized carbons (Fsp3) is 0.600. The average Bonchev–Trinajstić information content (AvgIpc) is 2.48. The lowest BCUT2D eigenvalue weighted by atomic mass is 9.90. The molecule has 0 aliphatic carbocycles. The molecule has 0 spiro atoms. The molecule has 0 radical (unpaired) electrons. The van der Waals surface area contributed by atoms with E-state index in [1.807, 2.05) is 13.8 Å². The molecule has 1 atom stereocenters. The number of hydrogen-bond donors (Lipinski definition) is 1. The molecule has 0 bridgehead atoms. The molecule has 0 amide bonds. The number of benzene rings is 1. The summed E-state index contributed by atoms with van der Waals surface area (Å²) in [6.45, 7) is 5.93. The normalized spacial score (nSPS) is 13.0. The van der Waals surface area contributed by atoms with Gasteiger partial charge in [0.15, 0.2) is 23.3 Å². The molecular weight excluding hydrogens is 289 g/mol. The zero-order chi connectivity index (χ0) is 16.2. The average molecular weight is 309 g/mol. The molecular formula is C15H20F5N. The van der Waals surface area contributed by atoms with Crippen LogP contribution in [0, 0.1) is 35.0 Å². The lowest BCUT2D eigenvalue weighted by Gasteiger charge is -2.24. The van der Waals surface area contributed by atoms with Gasteiger partial charge in [-0.2, -0.15) is 0 Å². The van der Waals surface area contributed by atoms with E-state index >= 15 is 0 Å². The van der Waals surface area contributed by atoms with E-state index < -0.39 is 40.7 Å². The molecule has 1 N–H and O–H groups in total. The highest BCUT2D eigenvalue weighted by atomic mass is 19.2. The van der Waals surface area contributed by atoms with Crippen LogP contribution in [-0.2, 0) is 0 Å². The standard InChI is InChI=1S/C15H20F5N/c1-4-8(5-2)7-9(21-6-3)10-11(16)13(18)15(20)14(19)12(10)17/h8-9,21H,4-7H2,1-3H3. The second kappa shape index (κ2) is 7.73. The highest BCUT2D eigenvalue weighted by Gasteiger charge is 2.30. The molecule has 1 nitrogen and oxygen atoms in total. The smallest absolute Gasteiger partial charge is 0.200 e. The van der Waals surface area contributed by atoms with Crippen LogP contribution in [0.3, 0.4) is 0 Å². The summed E-state index contributed by atoms with van der Waals surface area (Å²) in [7, 11) is 0. The van der Waals surface area contributed by atoms with Crippen LogP contribution in [0.1, 0.15) is 51.6 Å². The van der Waals surface area contributed by atoms with Crippen molar-refractivity contribution >= 4 is 0 Å². The highest BCUT2D eigenvalue weighted by molar-refractivity contribution is 5.27. The third kappa shape index (κ3) is 3.73. The Morgan fingerprint density at radius 1 is 0.762 bits per heavy atom. The van der Waals surface area contributed by atoms with Gasteiger partial charge in [-0.05, 0) is 18.9 Å². The van der Waals surface area contributed by atoms with E-state index in [-0.39, 0.29) is 5.92 Å². The molecule has 6 heteroatoms. The van der Waals surface area contributed by atoms with Crippen molar-refractivity contribution in [1.82, 2.24) is 5.32 Å². The second-order valence-corrected chi connectivity index (χ2v) is 5.01. The Kier molecular flexibility index (Phi) is 6.58. The largest absolute Gasteiger partial charge is 0.310 e. The van der Waals surface area contributed by atoms with Crippen LogP contribution in [0.15, 0.2) is 0 Å². The van der Waals surface area contributed by atoms with E-state index in [0.717, 1.165) is 12.8 Å². The Balaban J connectivity index is 3.31. The first kappa shape index (κ1) is 17.9. The maximum absolute atomic E-state index is 13.9. The molecule has 0 fully saturated rings. The molecule has 1 rings (SSSR count). The predicted molar refractivity (Wildman–Crippen MR) is 71.3 cm³/mol. The van der Waals surface area contributed by atoms with Gasteiger partial charge in [-0.3, -0.25) is 0 Å². The summed E-state index contributed by atoms with van der Waals surface area (Å²) >= 11 is 0. The van der Waals surface area contributed by atoms with E-state index in [1.54, 1.807) is 6.92 Å². The van der Waals surface area contributed by atoms with Crippen LogP contribution in [0.25, 0.3) is 0 Å². The van der Waals surface area contributed by atoms with Crippen LogP contribution in [0.5, 0.6) is 0 Å². The van der Waals surface area contributed by atoms with E-state index in [9.17, 15) is 22.0 Å². The molecule has 1 unspecified atom stereocenters. The van der Waals surface area contributed by atoms with Crippen molar-refractivity contribution in [3.8, 4) is 0 Å². The topological polar surface area (TPSA) is 12.0 Å². The number of nitrogens with one attached hydrogen (secondary N) is 1. The number of rotatable bonds is 7. The molecule has 0 saturated heterocycles. The van der Waals surface area contributed by atoms with Crippen molar-refractivity contribution in [3.63, 3.8) is 0 Å². The Morgan fingerprint density at radius 2 is 1.19 bits per heavy atom. The van der Waals surface area contributed by atoms with Crippen molar-refractivity contribution in [3.05, 3.63) is 34.6 Å². The zero-order valence-electron chi connectivity index (χ0n) is 12.4. The summed E-state index contributed by atoms with van der Waals surface area (Å²) in [5.41, 5.74) is -0.764. The van der Waals surface area contributed by atoms with E-state index in [0.29, 0.717) is 13.0 Å². The Morgan fingerprint density at radius 3 is 1.57 bits per heavy atom. The maximum Gasteiger partial charge on any atom is 0.200 e. The maximum atomic E-state index is 13.9. The van der Waals surface area contributed by atoms with Crippen LogP contribution in [-0.4, -0.2) is 6.54 Å². The van der Waals surface area contributed by atoms with Gasteiger partial charge in [0, 0.05) is 11.6 Å². The van der Waals surface area contributed by atoms with Crippen LogP contribution >= 0.6 is 0 Å².